The van der Waals surface area contributed by atoms with Crippen LogP contribution >= 0.6 is 0 Å². The van der Waals surface area contributed by atoms with Crippen molar-refractivity contribution in [3.63, 3.8) is 0 Å². The van der Waals surface area contributed by atoms with Gasteiger partial charge in [-0.05, 0) is 37.9 Å². The molecule has 6 nitrogen and oxygen atoms in total. The van der Waals surface area contributed by atoms with E-state index >= 15 is 0 Å². The summed E-state index contributed by atoms with van der Waals surface area (Å²) in [7, 11) is 0. The summed E-state index contributed by atoms with van der Waals surface area (Å²) in [6, 6.07) is 0. The molecule has 2 aliphatic rings. The molecule has 0 aliphatic carbocycles. The predicted molar refractivity (Wildman–Crippen MR) is 66.5 cm³/mol. The summed E-state index contributed by atoms with van der Waals surface area (Å²) in [6.45, 7) is 6.31. The summed E-state index contributed by atoms with van der Waals surface area (Å²) in [5.41, 5.74) is -0.157. The molecule has 18 heavy (non-hydrogen) atoms. The number of piperidine rings is 1. The van der Waals surface area contributed by atoms with Gasteiger partial charge in [-0.2, -0.15) is 4.98 Å². The molecular weight excluding hydrogens is 232 g/mol. The Morgan fingerprint density at radius 2 is 2.11 bits per heavy atom. The van der Waals surface area contributed by atoms with Crippen molar-refractivity contribution in [3.05, 3.63) is 5.89 Å². The highest BCUT2D eigenvalue weighted by atomic mass is 16.5. The highest BCUT2D eigenvalue weighted by Gasteiger charge is 2.34. The van der Waals surface area contributed by atoms with Crippen molar-refractivity contribution in [2.75, 3.05) is 37.7 Å². The molecule has 0 spiro atoms. The fourth-order valence-corrected chi connectivity index (χ4v) is 2.57. The van der Waals surface area contributed by atoms with Crippen LogP contribution in [0.1, 0.15) is 32.1 Å². The Kier molecular flexibility index (Phi) is 3.22. The van der Waals surface area contributed by atoms with Crippen LogP contribution in [0.4, 0.5) is 5.95 Å². The van der Waals surface area contributed by atoms with Crippen LogP contribution < -0.4 is 10.2 Å². The second-order valence-corrected chi connectivity index (χ2v) is 5.21. The van der Waals surface area contributed by atoms with Crippen molar-refractivity contribution >= 4 is 5.95 Å². The molecule has 6 heteroatoms. The van der Waals surface area contributed by atoms with Crippen LogP contribution in [0.3, 0.4) is 0 Å². The molecule has 1 aromatic heterocycles. The van der Waals surface area contributed by atoms with Gasteiger partial charge in [0.2, 0.25) is 5.89 Å². The lowest BCUT2D eigenvalue weighted by Gasteiger charge is -2.31. The molecular formula is C12H20N4O2. The first-order chi connectivity index (χ1) is 8.78. The van der Waals surface area contributed by atoms with Gasteiger partial charge in [0.15, 0.2) is 0 Å². The van der Waals surface area contributed by atoms with Gasteiger partial charge in [0.1, 0.15) is 0 Å². The average Bonchev–Trinajstić information content (AvgIpc) is 2.91. The molecule has 2 saturated heterocycles. The lowest BCUT2D eigenvalue weighted by molar-refractivity contribution is 0.121. The third kappa shape index (κ3) is 2.22. The van der Waals surface area contributed by atoms with E-state index in [0.717, 1.165) is 39.3 Å². The largest absolute Gasteiger partial charge is 0.378 e. The number of anilines is 1. The summed E-state index contributed by atoms with van der Waals surface area (Å²) >= 11 is 0. The maximum atomic E-state index is 5.45. The topological polar surface area (TPSA) is 63.4 Å². The number of hydrogen-bond donors (Lipinski definition) is 1. The van der Waals surface area contributed by atoms with Crippen molar-refractivity contribution in [2.24, 2.45) is 0 Å². The molecule has 3 heterocycles. The number of aromatic nitrogens is 2. The van der Waals surface area contributed by atoms with E-state index in [2.05, 4.69) is 27.3 Å². The Hall–Kier alpha value is -1.14. The van der Waals surface area contributed by atoms with Gasteiger partial charge >= 0.3 is 0 Å². The van der Waals surface area contributed by atoms with E-state index < -0.39 is 0 Å². The third-order valence-corrected chi connectivity index (χ3v) is 3.80. The predicted octanol–water partition coefficient (Wildman–Crippen LogP) is 0.895. The van der Waals surface area contributed by atoms with E-state index in [1.165, 1.54) is 12.8 Å². The molecule has 1 aromatic rings. The Morgan fingerprint density at radius 1 is 1.28 bits per heavy atom. The molecule has 100 valence electrons. The minimum Gasteiger partial charge on any atom is -0.378 e. The zero-order valence-electron chi connectivity index (χ0n) is 10.8. The molecule has 0 amide bonds. The lowest BCUT2D eigenvalue weighted by Crippen LogP contribution is -2.43. The second-order valence-electron chi connectivity index (χ2n) is 5.21. The van der Waals surface area contributed by atoms with E-state index in [4.69, 9.17) is 9.26 Å². The highest BCUT2D eigenvalue weighted by molar-refractivity contribution is 5.29. The van der Waals surface area contributed by atoms with Crippen LogP contribution in [-0.4, -0.2) is 43.0 Å². The van der Waals surface area contributed by atoms with E-state index in [9.17, 15) is 0 Å². The Morgan fingerprint density at radius 3 is 2.83 bits per heavy atom. The normalized spacial score (nSPS) is 29.5. The number of nitrogens with zero attached hydrogens (tertiary/aromatic N) is 3. The Balaban J connectivity index is 1.75. The maximum Gasteiger partial charge on any atom is 0.266 e. The van der Waals surface area contributed by atoms with Crippen LogP contribution in [0.5, 0.6) is 0 Å². The fourth-order valence-electron chi connectivity index (χ4n) is 2.57. The number of ether oxygens (including phenoxy) is 1. The average molecular weight is 252 g/mol. The summed E-state index contributed by atoms with van der Waals surface area (Å²) in [4.78, 5) is 6.67. The quantitative estimate of drug-likeness (QED) is 0.843. The zero-order valence-corrected chi connectivity index (χ0v) is 10.8. The molecule has 1 unspecified atom stereocenters. The van der Waals surface area contributed by atoms with Crippen molar-refractivity contribution < 1.29 is 9.26 Å². The van der Waals surface area contributed by atoms with Gasteiger partial charge in [0.25, 0.3) is 5.95 Å². The van der Waals surface area contributed by atoms with Crippen LogP contribution in [0.15, 0.2) is 4.52 Å². The van der Waals surface area contributed by atoms with Crippen molar-refractivity contribution in [1.29, 1.82) is 0 Å². The van der Waals surface area contributed by atoms with Gasteiger partial charge in [0, 0.05) is 13.1 Å². The number of rotatable bonds is 2. The number of hydrogen-bond acceptors (Lipinski definition) is 6. The van der Waals surface area contributed by atoms with E-state index in [1.54, 1.807) is 0 Å². The fraction of sp³-hybridized carbons (Fsp3) is 0.833. The first kappa shape index (κ1) is 11.9. The second kappa shape index (κ2) is 4.85. The molecule has 0 radical (unpaired) electrons. The summed E-state index contributed by atoms with van der Waals surface area (Å²) in [6.07, 6.45) is 3.48. The molecule has 2 aliphatic heterocycles. The van der Waals surface area contributed by atoms with Crippen LogP contribution in [0, 0.1) is 0 Å². The van der Waals surface area contributed by atoms with Gasteiger partial charge in [-0.25, -0.2) is 0 Å². The highest BCUT2D eigenvalue weighted by Crippen LogP contribution is 2.29. The third-order valence-electron chi connectivity index (χ3n) is 3.80. The molecule has 1 N–H and O–H groups in total. The van der Waals surface area contributed by atoms with Crippen molar-refractivity contribution in [1.82, 2.24) is 15.5 Å². The van der Waals surface area contributed by atoms with Crippen LogP contribution in [-0.2, 0) is 10.3 Å². The van der Waals surface area contributed by atoms with Crippen molar-refractivity contribution in [3.8, 4) is 0 Å². The number of nitrogens with one attached hydrogen (secondary N) is 1. The van der Waals surface area contributed by atoms with Gasteiger partial charge in [-0.15, -0.1) is 0 Å². The molecule has 2 fully saturated rings. The maximum absolute atomic E-state index is 5.45. The molecule has 0 bridgehead atoms. The lowest BCUT2D eigenvalue weighted by atomic mass is 9.91. The molecule has 0 aromatic carbocycles. The minimum absolute atomic E-state index is 0.157. The van der Waals surface area contributed by atoms with Gasteiger partial charge < -0.3 is 19.5 Å². The van der Waals surface area contributed by atoms with Gasteiger partial charge in [0.05, 0.1) is 18.8 Å². The van der Waals surface area contributed by atoms with Gasteiger partial charge in [-0.1, -0.05) is 0 Å². The summed E-state index contributed by atoms with van der Waals surface area (Å²) in [5.74, 6) is 1.41. The SMILES string of the molecule is CC1(c2nc(N3CCOCC3)no2)CCCCN1. The smallest absolute Gasteiger partial charge is 0.266 e. The molecule has 0 saturated carbocycles. The van der Waals surface area contributed by atoms with Gasteiger partial charge in [-0.3, -0.25) is 0 Å². The van der Waals surface area contributed by atoms with E-state index in [1.807, 2.05) is 0 Å². The summed E-state index contributed by atoms with van der Waals surface area (Å²) in [5, 5.41) is 7.59. The molecule has 1 atom stereocenters. The zero-order chi connectivity index (χ0) is 12.4. The number of morpholine rings is 1. The first-order valence-corrected chi connectivity index (χ1v) is 6.70. The Labute approximate surface area is 107 Å². The monoisotopic (exact) mass is 252 g/mol. The van der Waals surface area contributed by atoms with Crippen molar-refractivity contribution in [2.45, 2.75) is 31.7 Å². The standard InChI is InChI=1S/C12H20N4O2/c1-12(4-2-3-5-13-12)10-14-11(15-18-10)16-6-8-17-9-7-16/h13H,2-9H2,1H3. The molecule has 3 rings (SSSR count). The Bertz CT molecular complexity index is 395. The van der Waals surface area contributed by atoms with E-state index in [-0.39, 0.29) is 5.54 Å². The minimum atomic E-state index is -0.157. The van der Waals surface area contributed by atoms with E-state index in [0.29, 0.717) is 11.8 Å². The van der Waals surface area contributed by atoms with Crippen LogP contribution in [0.25, 0.3) is 0 Å². The summed E-state index contributed by atoms with van der Waals surface area (Å²) < 4.78 is 10.8. The first-order valence-electron chi connectivity index (χ1n) is 6.70. The van der Waals surface area contributed by atoms with Crippen LogP contribution in [0.2, 0.25) is 0 Å².